The molecule has 0 fully saturated rings. The first kappa shape index (κ1) is 16.8. The molecule has 0 atom stereocenters. The van der Waals surface area contributed by atoms with Crippen LogP contribution in [-0.2, 0) is 6.42 Å². The second-order valence-corrected chi connectivity index (χ2v) is 6.84. The third kappa shape index (κ3) is 2.89. The Morgan fingerprint density at radius 3 is 2.27 bits per heavy atom. The summed E-state index contributed by atoms with van der Waals surface area (Å²) in [4.78, 5) is 0. The van der Waals surface area contributed by atoms with Crippen molar-refractivity contribution in [2.45, 2.75) is 20.3 Å². The molecular weight excluding hydrogens is 347 g/mol. The van der Waals surface area contributed by atoms with E-state index >= 15 is 0 Å². The van der Waals surface area contributed by atoms with Crippen LogP contribution in [0.25, 0.3) is 27.9 Å². The van der Waals surface area contributed by atoms with Crippen LogP contribution in [0.2, 0.25) is 5.02 Å². The van der Waals surface area contributed by atoms with E-state index in [0.29, 0.717) is 5.02 Å². The maximum atomic E-state index is 13.3. The minimum atomic E-state index is -0.262. The molecule has 0 radical (unpaired) electrons. The lowest BCUT2D eigenvalue weighted by Crippen LogP contribution is -1.95. The first-order valence-electron chi connectivity index (χ1n) is 8.61. The summed E-state index contributed by atoms with van der Waals surface area (Å²) in [6.07, 6.45) is 0.811. The summed E-state index contributed by atoms with van der Waals surface area (Å²) in [5.74, 6) is -0.262. The second kappa shape index (κ2) is 6.58. The van der Waals surface area contributed by atoms with Crippen LogP contribution in [-0.4, -0.2) is 9.61 Å². The summed E-state index contributed by atoms with van der Waals surface area (Å²) in [6, 6.07) is 18.6. The van der Waals surface area contributed by atoms with E-state index in [2.05, 4.69) is 38.1 Å². The van der Waals surface area contributed by atoms with E-state index in [1.807, 2.05) is 16.6 Å². The van der Waals surface area contributed by atoms with Gasteiger partial charge in [-0.25, -0.2) is 8.91 Å². The number of aryl methyl sites for hydroxylation is 2. The fourth-order valence-corrected chi connectivity index (χ4v) is 3.47. The van der Waals surface area contributed by atoms with Gasteiger partial charge in [-0.1, -0.05) is 48.4 Å². The number of nitrogens with zero attached hydrogens (tertiary/aromatic N) is 2. The lowest BCUT2D eigenvalue weighted by Gasteiger charge is -2.08. The van der Waals surface area contributed by atoms with Crippen molar-refractivity contribution in [2.24, 2.45) is 0 Å². The van der Waals surface area contributed by atoms with Crippen molar-refractivity contribution in [2.75, 3.05) is 0 Å². The van der Waals surface area contributed by atoms with E-state index in [1.165, 1.54) is 17.7 Å². The van der Waals surface area contributed by atoms with Crippen molar-refractivity contribution in [3.63, 3.8) is 0 Å². The minimum Gasteiger partial charge on any atom is -0.232 e. The van der Waals surface area contributed by atoms with Crippen molar-refractivity contribution in [1.29, 1.82) is 0 Å². The Bertz CT molecular complexity index is 1080. The average Bonchev–Trinajstić information content (AvgIpc) is 3.01. The molecule has 130 valence electrons. The lowest BCUT2D eigenvalue weighted by molar-refractivity contribution is 0.628. The Balaban J connectivity index is 2.02. The molecule has 2 aromatic carbocycles. The van der Waals surface area contributed by atoms with Crippen molar-refractivity contribution in [3.05, 3.63) is 82.8 Å². The maximum Gasteiger partial charge on any atom is 0.123 e. The molecule has 0 saturated carbocycles. The van der Waals surface area contributed by atoms with E-state index in [0.717, 1.165) is 40.0 Å². The van der Waals surface area contributed by atoms with Crippen molar-refractivity contribution in [3.8, 4) is 22.4 Å². The molecule has 2 aromatic heterocycles. The van der Waals surface area contributed by atoms with Gasteiger partial charge in [0.2, 0.25) is 0 Å². The minimum absolute atomic E-state index is 0.262. The summed E-state index contributed by atoms with van der Waals surface area (Å²) in [5.41, 5.74) is 7.12. The standard InChI is InChI=1S/C22H18ClFN2/c1-3-19-22(16-6-4-14(2)5-7-16)21-13-17(23)12-20(26(21)25-19)15-8-10-18(24)11-9-15/h4-13H,3H2,1-2H3. The monoisotopic (exact) mass is 364 g/mol. The Hall–Kier alpha value is -2.65. The van der Waals surface area contributed by atoms with Crippen LogP contribution in [0.15, 0.2) is 60.7 Å². The fraction of sp³-hybridized carbons (Fsp3) is 0.136. The number of hydrogen-bond donors (Lipinski definition) is 0. The Labute approximate surface area is 156 Å². The van der Waals surface area contributed by atoms with Crippen LogP contribution in [0.4, 0.5) is 4.39 Å². The number of halogens is 2. The van der Waals surface area contributed by atoms with Gasteiger partial charge in [-0.2, -0.15) is 5.10 Å². The first-order valence-corrected chi connectivity index (χ1v) is 8.98. The van der Waals surface area contributed by atoms with Crippen LogP contribution in [0.3, 0.4) is 0 Å². The van der Waals surface area contributed by atoms with E-state index in [-0.39, 0.29) is 5.82 Å². The zero-order valence-corrected chi connectivity index (χ0v) is 15.4. The molecule has 0 aliphatic carbocycles. The molecule has 0 spiro atoms. The molecule has 4 aromatic rings. The van der Waals surface area contributed by atoms with Crippen molar-refractivity contribution < 1.29 is 4.39 Å². The molecule has 2 heterocycles. The molecule has 0 unspecified atom stereocenters. The SMILES string of the molecule is CCc1nn2c(-c3ccc(F)cc3)cc(Cl)cc2c1-c1ccc(C)cc1. The van der Waals surface area contributed by atoms with Gasteiger partial charge in [0.15, 0.2) is 0 Å². The number of benzene rings is 2. The molecule has 0 saturated heterocycles. The molecule has 0 aliphatic heterocycles. The predicted octanol–water partition coefficient (Wildman–Crippen LogP) is 6.33. The zero-order chi connectivity index (χ0) is 18.3. The topological polar surface area (TPSA) is 17.3 Å². The van der Waals surface area contributed by atoms with Gasteiger partial charge in [-0.15, -0.1) is 0 Å². The Morgan fingerprint density at radius 1 is 0.962 bits per heavy atom. The van der Waals surface area contributed by atoms with Gasteiger partial charge in [0.05, 0.1) is 16.9 Å². The zero-order valence-electron chi connectivity index (χ0n) is 14.6. The summed E-state index contributed by atoms with van der Waals surface area (Å²) in [5, 5.41) is 5.47. The molecule has 26 heavy (non-hydrogen) atoms. The van der Waals surface area contributed by atoms with Crippen molar-refractivity contribution in [1.82, 2.24) is 9.61 Å². The first-order chi connectivity index (χ1) is 12.6. The average molecular weight is 365 g/mol. The predicted molar refractivity (Wildman–Crippen MR) is 105 cm³/mol. The largest absolute Gasteiger partial charge is 0.232 e. The summed E-state index contributed by atoms with van der Waals surface area (Å²) in [7, 11) is 0. The van der Waals surface area contributed by atoms with Crippen molar-refractivity contribution >= 4 is 17.1 Å². The molecule has 4 rings (SSSR count). The Morgan fingerprint density at radius 2 is 1.62 bits per heavy atom. The van der Waals surface area contributed by atoms with Crippen LogP contribution < -0.4 is 0 Å². The Kier molecular flexibility index (Phi) is 4.25. The number of aromatic nitrogens is 2. The summed E-state index contributed by atoms with van der Waals surface area (Å²) in [6.45, 7) is 4.17. The van der Waals surface area contributed by atoms with Crippen LogP contribution in [0.1, 0.15) is 18.2 Å². The van der Waals surface area contributed by atoms with E-state index < -0.39 is 0 Å². The second-order valence-electron chi connectivity index (χ2n) is 6.40. The molecule has 2 nitrogen and oxygen atoms in total. The van der Waals surface area contributed by atoms with Gasteiger partial charge >= 0.3 is 0 Å². The molecular formula is C22H18ClFN2. The van der Waals surface area contributed by atoms with E-state index in [1.54, 1.807) is 12.1 Å². The van der Waals surface area contributed by atoms with E-state index in [9.17, 15) is 4.39 Å². The van der Waals surface area contributed by atoms with Gasteiger partial charge in [-0.05, 0) is 55.3 Å². The smallest absolute Gasteiger partial charge is 0.123 e. The maximum absolute atomic E-state index is 13.3. The highest BCUT2D eigenvalue weighted by atomic mass is 35.5. The molecule has 0 N–H and O–H groups in total. The number of fused-ring (bicyclic) bond motifs is 1. The molecule has 0 amide bonds. The highest BCUT2D eigenvalue weighted by Gasteiger charge is 2.17. The summed E-state index contributed by atoms with van der Waals surface area (Å²) < 4.78 is 15.2. The highest BCUT2D eigenvalue weighted by molar-refractivity contribution is 6.31. The van der Waals surface area contributed by atoms with Crippen LogP contribution >= 0.6 is 11.6 Å². The number of rotatable bonds is 3. The third-order valence-corrected chi connectivity index (χ3v) is 4.80. The third-order valence-electron chi connectivity index (χ3n) is 4.59. The van der Waals surface area contributed by atoms with Gasteiger partial charge < -0.3 is 0 Å². The lowest BCUT2D eigenvalue weighted by atomic mass is 10.0. The fourth-order valence-electron chi connectivity index (χ4n) is 3.27. The number of pyridine rings is 1. The molecule has 0 bridgehead atoms. The van der Waals surface area contributed by atoms with Crippen LogP contribution in [0.5, 0.6) is 0 Å². The number of hydrogen-bond acceptors (Lipinski definition) is 1. The van der Waals surface area contributed by atoms with Gasteiger partial charge in [-0.3, -0.25) is 0 Å². The molecule has 0 aliphatic rings. The van der Waals surface area contributed by atoms with E-state index in [4.69, 9.17) is 16.7 Å². The van der Waals surface area contributed by atoms with Crippen LogP contribution in [0, 0.1) is 12.7 Å². The normalized spacial score (nSPS) is 11.2. The quantitative estimate of drug-likeness (QED) is 0.415. The highest BCUT2D eigenvalue weighted by Crippen LogP contribution is 2.34. The van der Waals surface area contributed by atoms with Gasteiger partial charge in [0.1, 0.15) is 5.82 Å². The van der Waals surface area contributed by atoms with Gasteiger partial charge in [0, 0.05) is 16.1 Å². The molecule has 4 heteroatoms. The van der Waals surface area contributed by atoms with Gasteiger partial charge in [0.25, 0.3) is 0 Å². The summed E-state index contributed by atoms with van der Waals surface area (Å²) >= 11 is 6.43.